The van der Waals surface area contributed by atoms with Gasteiger partial charge in [0.25, 0.3) is 0 Å². The van der Waals surface area contributed by atoms with E-state index in [1.807, 2.05) is 49.4 Å². The molecule has 3 aromatic rings. The lowest BCUT2D eigenvalue weighted by molar-refractivity contribution is -0.122. The maximum atomic E-state index is 12.6. The molecule has 7 nitrogen and oxygen atoms in total. The standard InChI is InChI=1S/C28H33N3O4/c1-17-12-13-22-23(30(17)28(34)35-3)14-15-24-25(22)29-27(26(33)19-8-5-4-6-9-19)31(24)21-11-7-10-20(16-21)18(2)32/h4-6,8-9,14-15,17,20-21,26,33H,7,10-13,16H2,1-3H3/t17-,20+,21-,26-/m0/s1. The van der Waals surface area contributed by atoms with Gasteiger partial charge in [0.15, 0.2) is 0 Å². The van der Waals surface area contributed by atoms with Gasteiger partial charge in [-0.05, 0) is 63.6 Å². The van der Waals surface area contributed by atoms with Crippen molar-refractivity contribution in [3.05, 3.63) is 59.4 Å². The van der Waals surface area contributed by atoms with Crippen LogP contribution in [-0.4, -0.2) is 39.7 Å². The molecule has 2 aromatic carbocycles. The third-order valence-corrected chi connectivity index (χ3v) is 7.80. The summed E-state index contributed by atoms with van der Waals surface area (Å²) in [7, 11) is 1.40. The lowest BCUT2D eigenvalue weighted by Crippen LogP contribution is -2.42. The predicted octanol–water partition coefficient (Wildman–Crippen LogP) is 5.35. The van der Waals surface area contributed by atoms with Gasteiger partial charge in [0.1, 0.15) is 17.7 Å². The van der Waals surface area contributed by atoms with Gasteiger partial charge in [-0.1, -0.05) is 36.8 Å². The molecule has 0 saturated heterocycles. The summed E-state index contributed by atoms with van der Waals surface area (Å²) in [5.74, 6) is 0.850. The summed E-state index contributed by atoms with van der Waals surface area (Å²) < 4.78 is 7.24. The second-order valence-corrected chi connectivity index (χ2v) is 9.94. The number of ether oxygens (including phenoxy) is 1. The van der Waals surface area contributed by atoms with E-state index in [-0.39, 0.29) is 29.9 Å². The summed E-state index contributed by atoms with van der Waals surface area (Å²) in [5.41, 5.74) is 4.37. The number of benzene rings is 2. The van der Waals surface area contributed by atoms with E-state index >= 15 is 0 Å². The predicted molar refractivity (Wildman–Crippen MR) is 135 cm³/mol. The van der Waals surface area contributed by atoms with Gasteiger partial charge in [0.05, 0.1) is 23.8 Å². The largest absolute Gasteiger partial charge is 0.452 e. The number of amides is 1. The highest BCUT2D eigenvalue weighted by atomic mass is 16.5. The van der Waals surface area contributed by atoms with Gasteiger partial charge in [-0.15, -0.1) is 0 Å². The number of Topliss-reactive ketones (excluding diaryl/α,β-unsaturated/α-hetero) is 1. The third-order valence-electron chi connectivity index (χ3n) is 7.80. The van der Waals surface area contributed by atoms with Crippen LogP contribution >= 0.6 is 0 Å². The van der Waals surface area contributed by atoms with Crippen LogP contribution in [0.1, 0.15) is 75.0 Å². The highest BCUT2D eigenvalue weighted by Crippen LogP contribution is 2.42. The summed E-state index contributed by atoms with van der Waals surface area (Å²) in [4.78, 5) is 31.6. The molecular weight excluding hydrogens is 442 g/mol. The number of aryl methyl sites for hydroxylation is 1. The molecule has 4 atom stereocenters. The molecule has 184 valence electrons. The number of aromatic nitrogens is 2. The number of nitrogens with zero attached hydrogens (tertiary/aromatic N) is 3. The first-order valence-electron chi connectivity index (χ1n) is 12.5. The molecule has 2 aliphatic rings. The van der Waals surface area contributed by atoms with Crippen molar-refractivity contribution in [1.82, 2.24) is 9.55 Å². The van der Waals surface area contributed by atoms with E-state index in [9.17, 15) is 14.7 Å². The Morgan fingerprint density at radius 1 is 1.11 bits per heavy atom. The molecule has 0 spiro atoms. The molecule has 1 saturated carbocycles. The number of hydrogen-bond donors (Lipinski definition) is 1. The smallest absolute Gasteiger partial charge is 0.414 e. The Kier molecular flexibility index (Phi) is 6.36. The van der Waals surface area contributed by atoms with E-state index in [2.05, 4.69) is 4.57 Å². The van der Waals surface area contributed by atoms with Crippen LogP contribution in [0.5, 0.6) is 0 Å². The summed E-state index contributed by atoms with van der Waals surface area (Å²) >= 11 is 0. The minimum absolute atomic E-state index is 0.0264. The first-order chi connectivity index (χ1) is 16.9. The van der Waals surface area contributed by atoms with Crippen LogP contribution in [0, 0.1) is 5.92 Å². The van der Waals surface area contributed by atoms with Crippen molar-refractivity contribution in [3.63, 3.8) is 0 Å². The molecule has 1 aromatic heterocycles. The van der Waals surface area contributed by atoms with Crippen LogP contribution in [0.3, 0.4) is 0 Å². The topological polar surface area (TPSA) is 84.7 Å². The maximum Gasteiger partial charge on any atom is 0.414 e. The Morgan fingerprint density at radius 2 is 1.89 bits per heavy atom. The SMILES string of the molecule is COC(=O)N1c2ccc3c(nc([C@@H](O)c4ccccc4)n3[C@H]3CCC[C@@H](C(C)=O)C3)c2CC[C@@H]1C. The number of rotatable bonds is 4. The fourth-order valence-electron chi connectivity index (χ4n) is 5.92. The molecule has 2 heterocycles. The fourth-order valence-corrected chi connectivity index (χ4v) is 5.92. The van der Waals surface area contributed by atoms with E-state index in [1.165, 1.54) is 7.11 Å². The first-order valence-corrected chi connectivity index (χ1v) is 12.5. The van der Waals surface area contributed by atoms with Gasteiger partial charge >= 0.3 is 6.09 Å². The highest BCUT2D eigenvalue weighted by molar-refractivity contribution is 5.95. The Bertz CT molecular complexity index is 1250. The van der Waals surface area contributed by atoms with Crippen molar-refractivity contribution in [2.24, 2.45) is 5.92 Å². The van der Waals surface area contributed by atoms with Crippen LogP contribution in [0.15, 0.2) is 42.5 Å². The van der Waals surface area contributed by atoms with E-state index in [1.54, 1.807) is 11.8 Å². The normalized spacial score (nSPS) is 23.1. The van der Waals surface area contributed by atoms with Crippen molar-refractivity contribution in [2.75, 3.05) is 12.0 Å². The molecule has 1 amide bonds. The average molecular weight is 476 g/mol. The van der Waals surface area contributed by atoms with E-state index in [4.69, 9.17) is 9.72 Å². The fraction of sp³-hybridized carbons (Fsp3) is 0.464. The number of ketones is 1. The Balaban J connectivity index is 1.69. The van der Waals surface area contributed by atoms with Crippen LogP contribution in [0.25, 0.3) is 11.0 Å². The summed E-state index contributed by atoms with van der Waals surface area (Å²) in [6.45, 7) is 3.70. The lowest BCUT2D eigenvalue weighted by atomic mass is 9.83. The number of carbonyl (C=O) groups is 2. The minimum atomic E-state index is -0.892. The lowest BCUT2D eigenvalue weighted by Gasteiger charge is -2.34. The van der Waals surface area contributed by atoms with Gasteiger partial charge in [0, 0.05) is 23.6 Å². The van der Waals surface area contributed by atoms with Crippen LogP contribution < -0.4 is 4.90 Å². The number of aliphatic hydroxyl groups excluding tert-OH is 1. The second kappa shape index (κ2) is 9.46. The van der Waals surface area contributed by atoms with E-state index in [0.29, 0.717) is 5.82 Å². The molecule has 1 N–H and O–H groups in total. The van der Waals surface area contributed by atoms with Crippen molar-refractivity contribution in [3.8, 4) is 0 Å². The summed E-state index contributed by atoms with van der Waals surface area (Å²) in [6.07, 6.45) is 3.89. The average Bonchev–Trinajstić information content (AvgIpc) is 3.28. The quantitative estimate of drug-likeness (QED) is 0.550. The molecule has 1 aliphatic carbocycles. The van der Waals surface area contributed by atoms with Crippen molar-refractivity contribution in [2.45, 2.75) is 70.6 Å². The number of carbonyl (C=O) groups excluding carboxylic acids is 2. The van der Waals surface area contributed by atoms with Gasteiger partial charge in [0.2, 0.25) is 0 Å². The van der Waals surface area contributed by atoms with Crippen molar-refractivity contribution in [1.29, 1.82) is 0 Å². The van der Waals surface area contributed by atoms with Crippen LogP contribution in [-0.2, 0) is 16.0 Å². The van der Waals surface area contributed by atoms with E-state index < -0.39 is 6.10 Å². The summed E-state index contributed by atoms with van der Waals surface area (Å²) in [5, 5.41) is 11.5. The molecule has 0 unspecified atom stereocenters. The van der Waals surface area contributed by atoms with Crippen molar-refractivity contribution < 1.29 is 19.4 Å². The van der Waals surface area contributed by atoms with Gasteiger partial charge in [-0.25, -0.2) is 9.78 Å². The molecule has 0 radical (unpaired) electrons. The third kappa shape index (κ3) is 4.12. The molecule has 35 heavy (non-hydrogen) atoms. The van der Waals surface area contributed by atoms with Crippen LogP contribution in [0.4, 0.5) is 10.5 Å². The molecule has 1 fully saturated rings. The summed E-state index contributed by atoms with van der Waals surface area (Å²) in [6, 6.07) is 13.7. The minimum Gasteiger partial charge on any atom is -0.452 e. The highest BCUT2D eigenvalue weighted by Gasteiger charge is 2.34. The molecule has 5 rings (SSSR count). The zero-order valence-corrected chi connectivity index (χ0v) is 20.6. The Morgan fingerprint density at radius 3 is 2.60 bits per heavy atom. The monoisotopic (exact) mass is 475 g/mol. The molecule has 1 aliphatic heterocycles. The number of hydrogen-bond acceptors (Lipinski definition) is 5. The van der Waals surface area contributed by atoms with Gasteiger partial charge in [-0.3, -0.25) is 9.69 Å². The van der Waals surface area contributed by atoms with E-state index in [0.717, 1.165) is 66.4 Å². The second-order valence-electron chi connectivity index (χ2n) is 9.94. The zero-order chi connectivity index (χ0) is 24.7. The molecule has 7 heteroatoms. The molecular formula is C28H33N3O4. The van der Waals surface area contributed by atoms with Crippen LogP contribution in [0.2, 0.25) is 0 Å². The Labute approximate surface area is 205 Å². The zero-order valence-electron chi connectivity index (χ0n) is 20.6. The maximum absolute atomic E-state index is 12.6. The van der Waals surface area contributed by atoms with Crippen molar-refractivity contribution >= 4 is 28.6 Å². The number of aliphatic hydroxyl groups is 1. The number of imidazole rings is 1. The number of methoxy groups -OCH3 is 1. The number of anilines is 1. The number of fused-ring (bicyclic) bond motifs is 3. The molecule has 0 bridgehead atoms. The van der Waals surface area contributed by atoms with Gasteiger partial charge in [-0.2, -0.15) is 0 Å². The first kappa shape index (κ1) is 23.5. The van der Waals surface area contributed by atoms with Gasteiger partial charge < -0.3 is 14.4 Å². The Hall–Kier alpha value is -3.19.